The molecule has 0 amide bonds. The van der Waals surface area contributed by atoms with Crippen LogP contribution in [0.5, 0.6) is 0 Å². The Hall–Kier alpha value is -1.00. The predicted octanol–water partition coefficient (Wildman–Crippen LogP) is -0.183. The van der Waals surface area contributed by atoms with E-state index in [9.17, 15) is 0 Å². The van der Waals surface area contributed by atoms with Crippen molar-refractivity contribution in [2.75, 3.05) is 13.1 Å². The highest BCUT2D eigenvalue weighted by atomic mass is 16.3. The van der Waals surface area contributed by atoms with E-state index in [1.165, 1.54) is 6.33 Å². The summed E-state index contributed by atoms with van der Waals surface area (Å²) >= 11 is 0. The molecule has 2 heterocycles. The summed E-state index contributed by atoms with van der Waals surface area (Å²) in [5, 5.41) is 11.7. The second-order valence-corrected chi connectivity index (χ2v) is 2.55. The zero-order chi connectivity index (χ0) is 8.65. The van der Waals surface area contributed by atoms with Gasteiger partial charge in [0.15, 0.2) is 0 Å². The van der Waals surface area contributed by atoms with Gasteiger partial charge >= 0.3 is 0 Å². The normalized spacial score (nSPS) is 21.2. The third-order valence-electron chi connectivity index (χ3n) is 1.51. The molecule has 0 bridgehead atoms. The summed E-state index contributed by atoms with van der Waals surface area (Å²) in [6.45, 7) is 1.78. The monoisotopic (exact) mass is 167 g/mol. The summed E-state index contributed by atoms with van der Waals surface area (Å²) in [6.07, 6.45) is 5.74. The topological polar surface area (TPSA) is 58.0 Å². The van der Waals surface area contributed by atoms with Gasteiger partial charge in [0.25, 0.3) is 0 Å². The van der Waals surface area contributed by atoms with Crippen LogP contribution in [0.3, 0.4) is 0 Å². The standard InChI is InChI=1S/C4H4N2.C4H9NO/c1-2-5-4-6-3-1;6-4-1-2-5-3-4/h1-4H;4-6H,1-3H2. The van der Waals surface area contributed by atoms with E-state index in [1.54, 1.807) is 18.5 Å². The third-order valence-corrected chi connectivity index (χ3v) is 1.51. The van der Waals surface area contributed by atoms with E-state index >= 15 is 0 Å². The van der Waals surface area contributed by atoms with Gasteiger partial charge in [0.2, 0.25) is 0 Å². The Labute approximate surface area is 71.7 Å². The lowest BCUT2D eigenvalue weighted by molar-refractivity contribution is 0.196. The van der Waals surface area contributed by atoms with Gasteiger partial charge in [0.05, 0.1) is 6.10 Å². The zero-order valence-corrected chi connectivity index (χ0v) is 6.85. The van der Waals surface area contributed by atoms with Crippen LogP contribution < -0.4 is 5.32 Å². The van der Waals surface area contributed by atoms with E-state index in [0.717, 1.165) is 19.5 Å². The number of rotatable bonds is 0. The molecule has 66 valence electrons. The molecule has 1 aliphatic rings. The van der Waals surface area contributed by atoms with Gasteiger partial charge < -0.3 is 10.4 Å². The Kier molecular flexibility index (Phi) is 4.26. The Morgan fingerprint density at radius 1 is 1.33 bits per heavy atom. The van der Waals surface area contributed by atoms with Crippen LogP contribution in [0.4, 0.5) is 0 Å². The number of aromatic nitrogens is 2. The Morgan fingerprint density at radius 2 is 2.08 bits per heavy atom. The molecule has 1 unspecified atom stereocenters. The summed E-state index contributed by atoms with van der Waals surface area (Å²) in [5.74, 6) is 0. The molecule has 1 fully saturated rings. The van der Waals surface area contributed by atoms with Crippen LogP contribution in [0.15, 0.2) is 24.8 Å². The molecule has 0 spiro atoms. The first-order valence-electron chi connectivity index (χ1n) is 3.98. The fourth-order valence-corrected chi connectivity index (χ4v) is 0.893. The molecular formula is C8H13N3O. The maximum atomic E-state index is 8.67. The molecular weight excluding hydrogens is 154 g/mol. The molecule has 12 heavy (non-hydrogen) atoms. The maximum absolute atomic E-state index is 8.67. The first-order chi connectivity index (χ1) is 5.89. The van der Waals surface area contributed by atoms with Crippen LogP contribution in [0.2, 0.25) is 0 Å². The van der Waals surface area contributed by atoms with E-state index < -0.39 is 0 Å². The number of hydrogen-bond acceptors (Lipinski definition) is 4. The molecule has 1 aromatic rings. The van der Waals surface area contributed by atoms with Crippen molar-refractivity contribution < 1.29 is 5.11 Å². The van der Waals surface area contributed by atoms with Gasteiger partial charge in [-0.2, -0.15) is 0 Å². The smallest absolute Gasteiger partial charge is 0.115 e. The number of nitrogens with one attached hydrogen (secondary N) is 1. The van der Waals surface area contributed by atoms with E-state index in [2.05, 4.69) is 15.3 Å². The lowest BCUT2D eigenvalue weighted by atomic mass is 10.3. The van der Waals surface area contributed by atoms with E-state index in [-0.39, 0.29) is 6.10 Å². The van der Waals surface area contributed by atoms with Crippen molar-refractivity contribution in [3.05, 3.63) is 24.8 Å². The minimum absolute atomic E-state index is 0.0648. The zero-order valence-electron chi connectivity index (χ0n) is 6.85. The first kappa shape index (κ1) is 9.09. The Balaban J connectivity index is 0.000000120. The molecule has 1 saturated heterocycles. The van der Waals surface area contributed by atoms with Crippen LogP contribution >= 0.6 is 0 Å². The number of nitrogens with zero attached hydrogens (tertiary/aromatic N) is 2. The third kappa shape index (κ3) is 4.00. The number of β-amino-alcohol motifs (C(OH)–C–C–N with tert-alkyl or cyclic N) is 1. The molecule has 1 aliphatic heterocycles. The second kappa shape index (κ2) is 5.62. The molecule has 0 aromatic carbocycles. The fourth-order valence-electron chi connectivity index (χ4n) is 0.893. The van der Waals surface area contributed by atoms with Crippen LogP contribution in [-0.4, -0.2) is 34.3 Å². The summed E-state index contributed by atoms with van der Waals surface area (Å²) in [7, 11) is 0. The lowest BCUT2D eigenvalue weighted by Crippen LogP contribution is -2.11. The van der Waals surface area contributed by atoms with E-state index in [1.807, 2.05) is 0 Å². The quantitative estimate of drug-likeness (QED) is 0.562. The lowest BCUT2D eigenvalue weighted by Gasteiger charge is -1.90. The van der Waals surface area contributed by atoms with Gasteiger partial charge in [0.1, 0.15) is 6.33 Å². The minimum Gasteiger partial charge on any atom is -0.392 e. The minimum atomic E-state index is -0.0648. The van der Waals surface area contributed by atoms with Crippen LogP contribution in [0.25, 0.3) is 0 Å². The summed E-state index contributed by atoms with van der Waals surface area (Å²) < 4.78 is 0. The average Bonchev–Trinajstić information content (AvgIpc) is 2.60. The summed E-state index contributed by atoms with van der Waals surface area (Å²) in [4.78, 5) is 7.35. The molecule has 2 N–H and O–H groups in total. The first-order valence-corrected chi connectivity index (χ1v) is 3.98. The summed E-state index contributed by atoms with van der Waals surface area (Å²) in [6, 6.07) is 1.78. The molecule has 1 aromatic heterocycles. The number of aliphatic hydroxyl groups excluding tert-OH is 1. The molecule has 1 atom stereocenters. The van der Waals surface area contributed by atoms with Crippen LogP contribution in [-0.2, 0) is 0 Å². The van der Waals surface area contributed by atoms with Gasteiger partial charge in [-0.15, -0.1) is 0 Å². The molecule has 0 radical (unpaired) electrons. The second-order valence-electron chi connectivity index (χ2n) is 2.55. The van der Waals surface area contributed by atoms with Crippen molar-refractivity contribution in [2.24, 2.45) is 0 Å². The molecule has 4 heteroatoms. The van der Waals surface area contributed by atoms with Crippen LogP contribution in [0.1, 0.15) is 6.42 Å². The van der Waals surface area contributed by atoms with Crippen molar-refractivity contribution in [1.82, 2.24) is 15.3 Å². The average molecular weight is 167 g/mol. The van der Waals surface area contributed by atoms with Crippen LogP contribution in [0, 0.1) is 0 Å². The molecule has 2 rings (SSSR count). The highest BCUT2D eigenvalue weighted by Gasteiger charge is 2.08. The van der Waals surface area contributed by atoms with E-state index in [4.69, 9.17) is 5.11 Å². The number of hydrogen-bond donors (Lipinski definition) is 2. The van der Waals surface area contributed by atoms with Gasteiger partial charge in [-0.1, -0.05) is 0 Å². The van der Waals surface area contributed by atoms with Crippen molar-refractivity contribution in [1.29, 1.82) is 0 Å². The van der Waals surface area contributed by atoms with Crippen molar-refractivity contribution in [2.45, 2.75) is 12.5 Å². The van der Waals surface area contributed by atoms with Crippen molar-refractivity contribution in [3.8, 4) is 0 Å². The van der Waals surface area contributed by atoms with Gasteiger partial charge in [0, 0.05) is 18.9 Å². The number of aliphatic hydroxyl groups is 1. The van der Waals surface area contributed by atoms with E-state index in [0.29, 0.717) is 0 Å². The summed E-state index contributed by atoms with van der Waals surface area (Å²) in [5.41, 5.74) is 0. The fraction of sp³-hybridized carbons (Fsp3) is 0.500. The maximum Gasteiger partial charge on any atom is 0.115 e. The molecule has 0 aliphatic carbocycles. The molecule has 4 nitrogen and oxygen atoms in total. The van der Waals surface area contributed by atoms with Gasteiger partial charge in [-0.25, -0.2) is 9.97 Å². The Bertz CT molecular complexity index is 160. The highest BCUT2D eigenvalue weighted by Crippen LogP contribution is 1.93. The highest BCUT2D eigenvalue weighted by molar-refractivity contribution is 4.74. The predicted molar refractivity (Wildman–Crippen MR) is 45.5 cm³/mol. The van der Waals surface area contributed by atoms with Gasteiger partial charge in [-0.05, 0) is 19.0 Å². The van der Waals surface area contributed by atoms with Gasteiger partial charge in [-0.3, -0.25) is 0 Å². The Morgan fingerprint density at radius 3 is 2.25 bits per heavy atom. The van der Waals surface area contributed by atoms with Crippen molar-refractivity contribution in [3.63, 3.8) is 0 Å². The molecule has 0 saturated carbocycles. The SMILES string of the molecule is OC1CCNC1.c1cncnc1. The largest absolute Gasteiger partial charge is 0.392 e. The van der Waals surface area contributed by atoms with Crippen molar-refractivity contribution >= 4 is 0 Å².